The Labute approximate surface area is 146 Å². The molecule has 0 fully saturated rings. The topological polar surface area (TPSA) is 46.6 Å². The van der Waals surface area contributed by atoms with Crippen LogP contribution in [0.4, 0.5) is 17.1 Å². The molecule has 0 aliphatic carbocycles. The molecule has 0 aromatic heterocycles. The Balaban J connectivity index is 1.97. The second kappa shape index (κ2) is 4.97. The molecule has 4 nitrogen and oxygen atoms in total. The van der Waals surface area contributed by atoms with Crippen molar-refractivity contribution in [2.45, 2.75) is 9.79 Å². The maximum Gasteiger partial charge on any atom is 0.365 e. The third kappa shape index (κ3) is 1.78. The molecule has 0 amide bonds. The fraction of sp³-hybridized carbons (Fsp3) is 0.0526. The number of rotatable bonds is 1. The minimum atomic E-state index is -3.56. The molecule has 2 aliphatic heterocycles. The summed E-state index contributed by atoms with van der Waals surface area (Å²) in [4.78, 5) is 2.72. The van der Waals surface area contributed by atoms with E-state index in [9.17, 15) is 8.42 Å². The average Bonchev–Trinajstić information content (AvgIpc) is 2.65. The summed E-state index contributed by atoms with van der Waals surface area (Å²) in [5, 5.41) is 0. The summed E-state index contributed by atoms with van der Waals surface area (Å²) in [6.45, 7) is -0.289. The third-order valence-corrected chi connectivity index (χ3v) is 6.75. The van der Waals surface area contributed by atoms with Gasteiger partial charge in [-0.15, -0.1) is 0 Å². The van der Waals surface area contributed by atoms with Gasteiger partial charge >= 0.3 is 6.92 Å². The van der Waals surface area contributed by atoms with Gasteiger partial charge in [0.05, 0.1) is 21.2 Å². The highest BCUT2D eigenvalue weighted by molar-refractivity contribution is 7.92. The van der Waals surface area contributed by atoms with Gasteiger partial charge in [0.15, 0.2) is 0 Å². The summed E-state index contributed by atoms with van der Waals surface area (Å²) in [5.74, 6) is 0. The molecule has 0 saturated carbocycles. The molecule has 3 aromatic carbocycles. The largest absolute Gasteiger partial charge is 0.430 e. The van der Waals surface area contributed by atoms with E-state index in [1.807, 2.05) is 47.4 Å². The Bertz CT molecular complexity index is 1130. The Morgan fingerprint density at radius 1 is 0.800 bits per heavy atom. The van der Waals surface area contributed by atoms with Crippen LogP contribution in [0.5, 0.6) is 0 Å². The standard InChI is InChI=1S/C19H14BNO3S/c1-24-20-13-7-2-3-9-15(13)21-16-10-4-5-11-17(16)25(22,23)18-12-6-8-14(20)19(18)21/h2-12H,1H3. The number of benzene rings is 3. The Morgan fingerprint density at radius 2 is 1.44 bits per heavy atom. The molecule has 6 heteroatoms. The van der Waals surface area contributed by atoms with Crippen LogP contribution in [-0.4, -0.2) is 22.4 Å². The molecule has 0 bridgehead atoms. The van der Waals surface area contributed by atoms with Gasteiger partial charge in [-0.25, -0.2) is 8.42 Å². The normalized spacial score (nSPS) is 16.0. The molecule has 0 radical (unpaired) electrons. The number of para-hydroxylation sites is 3. The van der Waals surface area contributed by atoms with Crippen molar-refractivity contribution in [3.8, 4) is 0 Å². The Hall–Kier alpha value is -2.57. The van der Waals surface area contributed by atoms with Gasteiger partial charge in [0.1, 0.15) is 0 Å². The zero-order valence-corrected chi connectivity index (χ0v) is 14.3. The highest BCUT2D eigenvalue weighted by Gasteiger charge is 2.43. The maximum absolute atomic E-state index is 13.2. The summed E-state index contributed by atoms with van der Waals surface area (Å²) >= 11 is 0. The van der Waals surface area contributed by atoms with E-state index >= 15 is 0 Å². The van der Waals surface area contributed by atoms with E-state index in [0.717, 1.165) is 16.6 Å². The Kier molecular flexibility index (Phi) is 2.93. The molecule has 122 valence electrons. The molecule has 0 atom stereocenters. The van der Waals surface area contributed by atoms with Gasteiger partial charge in [0.2, 0.25) is 9.84 Å². The molecule has 25 heavy (non-hydrogen) atoms. The summed E-state index contributed by atoms with van der Waals surface area (Å²) < 4.78 is 32.1. The number of anilines is 3. The fourth-order valence-corrected chi connectivity index (χ4v) is 5.55. The second-order valence-electron chi connectivity index (χ2n) is 6.18. The van der Waals surface area contributed by atoms with Gasteiger partial charge in [-0.3, -0.25) is 0 Å². The molecule has 2 heterocycles. The van der Waals surface area contributed by atoms with Gasteiger partial charge in [-0.05, 0) is 35.2 Å². The van der Waals surface area contributed by atoms with E-state index in [1.54, 1.807) is 31.4 Å². The molecule has 5 rings (SSSR count). The highest BCUT2D eigenvalue weighted by Crippen LogP contribution is 2.48. The van der Waals surface area contributed by atoms with Gasteiger partial charge in [0.25, 0.3) is 0 Å². The number of nitrogens with zero attached hydrogens (tertiary/aromatic N) is 1. The van der Waals surface area contributed by atoms with Gasteiger partial charge in [-0.1, -0.05) is 42.5 Å². The van der Waals surface area contributed by atoms with Crippen LogP contribution in [0.25, 0.3) is 0 Å². The maximum atomic E-state index is 13.2. The summed E-state index contributed by atoms with van der Waals surface area (Å²) in [7, 11) is -1.91. The van der Waals surface area contributed by atoms with Crippen LogP contribution in [0.2, 0.25) is 0 Å². The lowest BCUT2D eigenvalue weighted by molar-refractivity contribution is 0.439. The molecule has 3 aromatic rings. The highest BCUT2D eigenvalue weighted by atomic mass is 32.2. The average molecular weight is 347 g/mol. The van der Waals surface area contributed by atoms with E-state index in [1.165, 1.54) is 0 Å². The Morgan fingerprint density at radius 3 is 2.24 bits per heavy atom. The zero-order valence-electron chi connectivity index (χ0n) is 13.5. The fourth-order valence-electron chi connectivity index (χ4n) is 3.90. The van der Waals surface area contributed by atoms with Crippen molar-refractivity contribution in [1.29, 1.82) is 0 Å². The van der Waals surface area contributed by atoms with Crippen molar-refractivity contribution < 1.29 is 13.1 Å². The number of sulfone groups is 1. The van der Waals surface area contributed by atoms with E-state index < -0.39 is 9.84 Å². The second-order valence-corrected chi connectivity index (χ2v) is 8.06. The van der Waals surface area contributed by atoms with Gasteiger partial charge in [-0.2, -0.15) is 0 Å². The van der Waals surface area contributed by atoms with Crippen molar-refractivity contribution in [3.05, 3.63) is 66.7 Å². The zero-order chi connectivity index (χ0) is 17.2. The van der Waals surface area contributed by atoms with Crippen LogP contribution >= 0.6 is 0 Å². The summed E-state index contributed by atoms with van der Waals surface area (Å²) in [6, 6.07) is 20.6. The molecule has 0 spiro atoms. The first kappa shape index (κ1) is 14.8. The van der Waals surface area contributed by atoms with E-state index in [2.05, 4.69) is 0 Å². The number of fused-ring (bicyclic) bond motifs is 4. The van der Waals surface area contributed by atoms with E-state index in [-0.39, 0.29) is 6.92 Å². The first-order valence-corrected chi connectivity index (χ1v) is 9.52. The van der Waals surface area contributed by atoms with Gasteiger partial charge in [0, 0.05) is 12.8 Å². The first-order chi connectivity index (χ1) is 12.1. The van der Waals surface area contributed by atoms with Crippen molar-refractivity contribution in [1.82, 2.24) is 0 Å². The minimum Gasteiger partial charge on any atom is -0.430 e. The molecular weight excluding hydrogens is 333 g/mol. The molecule has 0 unspecified atom stereocenters. The van der Waals surface area contributed by atoms with Crippen LogP contribution < -0.4 is 15.8 Å². The van der Waals surface area contributed by atoms with Crippen LogP contribution in [0.1, 0.15) is 0 Å². The van der Waals surface area contributed by atoms with Crippen LogP contribution in [0.15, 0.2) is 76.5 Å². The number of hydrogen-bond acceptors (Lipinski definition) is 4. The lowest BCUT2D eigenvalue weighted by atomic mass is 9.52. The predicted octanol–water partition coefficient (Wildman–Crippen LogP) is 2.37. The lowest BCUT2D eigenvalue weighted by Gasteiger charge is -2.40. The summed E-state index contributed by atoms with van der Waals surface area (Å²) in [6.07, 6.45) is 0. The number of hydrogen-bond donors (Lipinski definition) is 0. The minimum absolute atomic E-state index is 0.289. The van der Waals surface area contributed by atoms with E-state index in [0.29, 0.717) is 21.2 Å². The van der Waals surface area contributed by atoms with Crippen molar-refractivity contribution in [2.75, 3.05) is 12.0 Å². The smallest absolute Gasteiger partial charge is 0.365 e. The molecular formula is C19H14BNO3S. The third-order valence-electron chi connectivity index (χ3n) is 4.92. The molecule has 0 N–H and O–H groups in total. The van der Waals surface area contributed by atoms with Crippen molar-refractivity contribution in [2.24, 2.45) is 0 Å². The monoisotopic (exact) mass is 347 g/mol. The SMILES string of the molecule is COB1c2ccccc2N2c3ccccc3S(=O)(=O)c3cccc1c32. The quantitative estimate of drug-likeness (QED) is 0.496. The van der Waals surface area contributed by atoms with Crippen molar-refractivity contribution in [3.63, 3.8) is 0 Å². The van der Waals surface area contributed by atoms with Crippen LogP contribution in [0.3, 0.4) is 0 Å². The van der Waals surface area contributed by atoms with Crippen molar-refractivity contribution >= 4 is 44.7 Å². The van der Waals surface area contributed by atoms with Gasteiger partial charge < -0.3 is 9.55 Å². The molecule has 2 aliphatic rings. The lowest BCUT2D eigenvalue weighted by Crippen LogP contribution is -2.52. The molecule has 0 saturated heterocycles. The van der Waals surface area contributed by atoms with Crippen LogP contribution in [-0.2, 0) is 14.5 Å². The van der Waals surface area contributed by atoms with E-state index in [4.69, 9.17) is 4.65 Å². The summed E-state index contributed by atoms with van der Waals surface area (Å²) in [5.41, 5.74) is 4.24. The predicted molar refractivity (Wildman–Crippen MR) is 98.6 cm³/mol. The van der Waals surface area contributed by atoms with Crippen LogP contribution in [0, 0.1) is 0 Å². The first-order valence-electron chi connectivity index (χ1n) is 8.03.